The topological polar surface area (TPSA) is 17.1 Å². The van der Waals surface area contributed by atoms with Gasteiger partial charge in [-0.15, -0.1) is 0 Å². The fourth-order valence-electron chi connectivity index (χ4n) is 0. The van der Waals surface area contributed by atoms with Crippen LogP contribution in [-0.2, 0) is 36.6 Å². The molecule has 1 nitrogen and oxygen atoms in total. The van der Waals surface area contributed by atoms with E-state index >= 15 is 0 Å². The van der Waals surface area contributed by atoms with Gasteiger partial charge in [0.25, 0.3) is 0 Å². The average molecular weight is 270 g/mol. The zero-order chi connectivity index (χ0) is 2.00. The molecule has 0 fully saturated rings. The van der Waals surface area contributed by atoms with Crippen LogP contribution in [0.4, 0.5) is 0 Å². The standard InChI is InChI=1S/Co.Fe.La.O. The Hall–Kier alpha value is 2.02. The second-order valence-corrected chi connectivity index (χ2v) is 0. The van der Waals surface area contributed by atoms with Crippen LogP contribution >= 0.6 is 0 Å². The summed E-state index contributed by atoms with van der Waals surface area (Å²) in [5, 5.41) is 0. The molecular weight excluding hydrogens is 270 g/mol. The first-order chi connectivity index (χ1) is 1.00. The van der Waals surface area contributed by atoms with Crippen molar-refractivity contribution in [2.75, 3.05) is 0 Å². The molecule has 0 aliphatic heterocycles. The summed E-state index contributed by atoms with van der Waals surface area (Å²) >= 11 is 2.31. The predicted molar refractivity (Wildman–Crippen MR) is 0.686 cm³/mol. The van der Waals surface area contributed by atoms with E-state index in [0.717, 1.165) is 0 Å². The van der Waals surface area contributed by atoms with Crippen LogP contribution in [0.25, 0.3) is 0 Å². The van der Waals surface area contributed by atoms with Crippen LogP contribution in [0.3, 0.4) is 0 Å². The molecule has 1 radical (unpaired) electrons. The zero-order valence-electron chi connectivity index (χ0n) is 1.67. The van der Waals surface area contributed by atoms with Gasteiger partial charge >= 0.3 is 19.5 Å². The van der Waals surface area contributed by atoms with Gasteiger partial charge in [0, 0.05) is 52.7 Å². The Bertz CT molecular complexity index is 8.00. The van der Waals surface area contributed by atoms with Crippen molar-refractivity contribution in [3.8, 4) is 0 Å². The molecule has 0 aromatic rings. The summed E-state index contributed by atoms with van der Waals surface area (Å²) in [6.45, 7) is 0. The third kappa shape index (κ3) is 8.98. The third-order valence-corrected chi connectivity index (χ3v) is 0. The van der Waals surface area contributed by atoms with Crippen molar-refractivity contribution in [1.29, 1.82) is 0 Å². The molecule has 0 spiro atoms. The average Bonchev–Trinajstić information content (AvgIpc) is 1.00. The SMILES string of the molecule is [Fe].[La].[O]=[Co]. The first-order valence-corrected chi connectivity index (χ1v) is 0.561. The molecule has 0 atom stereocenters. The van der Waals surface area contributed by atoms with Crippen molar-refractivity contribution in [3.05, 3.63) is 0 Å². The summed E-state index contributed by atoms with van der Waals surface area (Å²) in [5.41, 5.74) is 0. The van der Waals surface area contributed by atoms with Gasteiger partial charge in [0.2, 0.25) is 0 Å². The molecule has 0 saturated heterocycles. The molecule has 0 unspecified atom stereocenters. The van der Waals surface area contributed by atoms with Gasteiger partial charge in [-0.05, 0) is 0 Å². The number of hydrogen-bond donors (Lipinski definition) is 0. The van der Waals surface area contributed by atoms with Gasteiger partial charge in [-0.25, -0.2) is 0 Å². The second kappa shape index (κ2) is 19.9. The van der Waals surface area contributed by atoms with Crippen LogP contribution < -0.4 is 0 Å². The minimum atomic E-state index is 0. The van der Waals surface area contributed by atoms with Crippen LogP contribution in [-0.4, -0.2) is 0 Å². The molecule has 0 bridgehead atoms. The van der Waals surface area contributed by atoms with Gasteiger partial charge in [-0.2, -0.15) is 0 Å². The molecule has 0 amide bonds. The molecule has 0 rings (SSSR count). The Kier molecular flexibility index (Phi) is 82.7. The van der Waals surface area contributed by atoms with Gasteiger partial charge in [0.15, 0.2) is 0 Å². The minimum absolute atomic E-state index is 0. The van der Waals surface area contributed by atoms with Crippen molar-refractivity contribution in [3.63, 3.8) is 0 Å². The van der Waals surface area contributed by atoms with E-state index in [-0.39, 0.29) is 52.7 Å². The molecule has 0 saturated carbocycles. The third-order valence-electron chi connectivity index (χ3n) is 0. The van der Waals surface area contributed by atoms with E-state index in [1.165, 1.54) is 0 Å². The zero-order valence-corrected chi connectivity index (χ0v) is 7.44. The van der Waals surface area contributed by atoms with E-state index in [4.69, 9.17) is 3.87 Å². The molecular formula is CoFeLaO. The van der Waals surface area contributed by atoms with Crippen LogP contribution in [0, 0.1) is 35.6 Å². The van der Waals surface area contributed by atoms with Crippen LogP contribution in [0.15, 0.2) is 0 Å². The fourth-order valence-corrected chi connectivity index (χ4v) is 0. The summed E-state index contributed by atoms with van der Waals surface area (Å²) in [6, 6.07) is 0. The summed E-state index contributed by atoms with van der Waals surface area (Å²) < 4.78 is 7.94. The fraction of sp³-hybridized carbons (Fsp3) is 0. The first-order valence-electron chi connectivity index (χ1n) is 0.136. The molecule has 26 valence electrons. The summed E-state index contributed by atoms with van der Waals surface area (Å²) in [7, 11) is 0. The van der Waals surface area contributed by atoms with E-state index in [1.807, 2.05) is 0 Å². The van der Waals surface area contributed by atoms with Gasteiger partial charge in [0.05, 0.1) is 0 Å². The van der Waals surface area contributed by atoms with Crippen molar-refractivity contribution in [1.82, 2.24) is 0 Å². The van der Waals surface area contributed by atoms with Gasteiger partial charge in [-0.1, -0.05) is 0 Å². The molecule has 4 heteroatoms. The number of hydrogen-bond acceptors (Lipinski definition) is 1. The Morgan fingerprint density at radius 2 is 1.25 bits per heavy atom. The molecule has 0 aliphatic rings. The van der Waals surface area contributed by atoms with E-state index < -0.39 is 0 Å². The summed E-state index contributed by atoms with van der Waals surface area (Å²) in [5.74, 6) is 0. The Morgan fingerprint density at radius 1 is 1.25 bits per heavy atom. The number of rotatable bonds is 0. The van der Waals surface area contributed by atoms with E-state index in [9.17, 15) is 0 Å². The monoisotopic (exact) mass is 270 g/mol. The molecule has 4 heavy (non-hydrogen) atoms. The van der Waals surface area contributed by atoms with Crippen molar-refractivity contribution < 1.29 is 72.2 Å². The normalized spacial score (nSPS) is 1.25. The van der Waals surface area contributed by atoms with E-state index in [0.29, 0.717) is 0 Å². The van der Waals surface area contributed by atoms with Crippen molar-refractivity contribution in [2.45, 2.75) is 0 Å². The van der Waals surface area contributed by atoms with Gasteiger partial charge in [-0.3, -0.25) is 0 Å². The summed E-state index contributed by atoms with van der Waals surface area (Å²) in [6.07, 6.45) is 0. The van der Waals surface area contributed by atoms with Gasteiger partial charge < -0.3 is 0 Å². The predicted octanol–water partition coefficient (Wildman–Crippen LogP) is -0.124. The van der Waals surface area contributed by atoms with Crippen molar-refractivity contribution in [2.24, 2.45) is 0 Å². The van der Waals surface area contributed by atoms with Crippen molar-refractivity contribution >= 4 is 0 Å². The Labute approximate surface area is 71.1 Å². The molecule has 0 aromatic carbocycles. The molecule has 0 N–H and O–H groups in total. The second-order valence-electron chi connectivity index (χ2n) is 0. The molecule has 0 aliphatic carbocycles. The van der Waals surface area contributed by atoms with E-state index in [1.54, 1.807) is 0 Å². The van der Waals surface area contributed by atoms with Crippen LogP contribution in [0.2, 0.25) is 0 Å². The molecule has 0 aromatic heterocycles. The maximum atomic E-state index is 7.94. The maximum absolute atomic E-state index is 7.94. The van der Waals surface area contributed by atoms with Crippen LogP contribution in [0.5, 0.6) is 0 Å². The first kappa shape index (κ1) is 16.6. The van der Waals surface area contributed by atoms with Crippen LogP contribution in [0.1, 0.15) is 0 Å². The van der Waals surface area contributed by atoms with Gasteiger partial charge in [0.1, 0.15) is 0 Å². The Morgan fingerprint density at radius 3 is 1.25 bits per heavy atom. The quantitative estimate of drug-likeness (QED) is 0.560. The Balaban J connectivity index is -0.00000000500. The van der Waals surface area contributed by atoms with E-state index in [2.05, 4.69) is 15.7 Å². The molecule has 0 heterocycles. The summed E-state index contributed by atoms with van der Waals surface area (Å²) in [4.78, 5) is 0.